The molecule has 34 heavy (non-hydrogen) atoms. The monoisotopic (exact) mass is 506 g/mol. The first kappa shape index (κ1) is 26.5. The number of nitrogens with one attached hydrogen (secondary N) is 1. The van der Waals surface area contributed by atoms with E-state index in [1.165, 1.54) is 4.31 Å². The number of ether oxygens (including phenoxy) is 1. The number of hydrogen-bond acceptors (Lipinski definition) is 4. The molecule has 1 N–H and O–H groups in total. The molecule has 0 aliphatic carbocycles. The third-order valence-electron chi connectivity index (χ3n) is 6.45. The molecule has 3 rings (SSSR count). The Morgan fingerprint density at radius 1 is 1.21 bits per heavy atom. The quantitative estimate of drug-likeness (QED) is 0.534. The van der Waals surface area contributed by atoms with Crippen LogP contribution in [0.4, 0.5) is 0 Å². The van der Waals surface area contributed by atoms with Crippen molar-refractivity contribution in [2.45, 2.75) is 58.2 Å². The van der Waals surface area contributed by atoms with Gasteiger partial charge in [-0.1, -0.05) is 37.6 Å². The Hall–Kier alpha value is -2.09. The van der Waals surface area contributed by atoms with E-state index in [9.17, 15) is 13.2 Å². The van der Waals surface area contributed by atoms with Crippen molar-refractivity contribution in [1.82, 2.24) is 9.62 Å². The lowest BCUT2D eigenvalue weighted by Crippen LogP contribution is -2.46. The van der Waals surface area contributed by atoms with Crippen LogP contribution in [0.5, 0.6) is 5.75 Å². The molecule has 2 aromatic carbocycles. The van der Waals surface area contributed by atoms with Crippen LogP contribution in [0.15, 0.2) is 36.4 Å². The van der Waals surface area contributed by atoms with Crippen molar-refractivity contribution in [2.75, 3.05) is 20.2 Å². The second-order valence-electron chi connectivity index (χ2n) is 9.42. The highest BCUT2D eigenvalue weighted by molar-refractivity contribution is 7.88. The predicted molar refractivity (Wildman–Crippen MR) is 137 cm³/mol. The number of hydrogen-bond donors (Lipinski definition) is 1. The fourth-order valence-electron chi connectivity index (χ4n) is 4.56. The molecule has 0 bridgehead atoms. The molecule has 0 unspecified atom stereocenters. The van der Waals surface area contributed by atoms with Gasteiger partial charge in [0.25, 0.3) is 0 Å². The number of methoxy groups -OCH3 is 1. The molecule has 1 aliphatic heterocycles. The van der Waals surface area contributed by atoms with Crippen LogP contribution in [0, 0.1) is 12.8 Å². The predicted octanol–water partition coefficient (Wildman–Crippen LogP) is 5.20. The van der Waals surface area contributed by atoms with Crippen molar-refractivity contribution in [3.05, 3.63) is 63.7 Å². The number of aryl methyl sites for hydroxylation is 1. The van der Waals surface area contributed by atoms with Gasteiger partial charge in [-0.3, -0.25) is 4.79 Å². The molecular formula is C26H35ClN2O4S. The van der Waals surface area contributed by atoms with Gasteiger partial charge in [0.1, 0.15) is 5.75 Å². The molecule has 8 heteroatoms. The van der Waals surface area contributed by atoms with Crippen molar-refractivity contribution in [1.29, 1.82) is 0 Å². The highest BCUT2D eigenvalue weighted by Crippen LogP contribution is 2.32. The number of amides is 1. The maximum Gasteiger partial charge on any atom is 0.224 e. The highest BCUT2D eigenvalue weighted by Gasteiger charge is 2.33. The summed E-state index contributed by atoms with van der Waals surface area (Å²) in [4.78, 5) is 13.1. The van der Waals surface area contributed by atoms with Crippen molar-refractivity contribution < 1.29 is 17.9 Å². The fourth-order valence-corrected chi connectivity index (χ4v) is 6.37. The number of halogens is 1. The third kappa shape index (κ3) is 6.32. The first-order chi connectivity index (χ1) is 16.0. The summed E-state index contributed by atoms with van der Waals surface area (Å²) in [5.74, 6) is 0.516. The molecule has 1 aliphatic rings. The summed E-state index contributed by atoms with van der Waals surface area (Å²) in [5.41, 5.74) is 3.83. The zero-order chi connectivity index (χ0) is 25.0. The number of rotatable bonds is 8. The van der Waals surface area contributed by atoms with Gasteiger partial charge in [-0.2, -0.15) is 0 Å². The number of nitrogens with zero attached hydrogens (tertiary/aromatic N) is 1. The maximum atomic E-state index is 13.1. The Bertz CT molecular complexity index is 1130. The van der Waals surface area contributed by atoms with Crippen LogP contribution >= 0.6 is 11.6 Å². The molecule has 2 atom stereocenters. The standard InChI is InChI=1S/C26H35ClN2O4S/c1-17(2)23-14-24(18(3)12-25(23)33-5)19(4)28-26(30)21-9-7-11-29(15-21)34(31,32)16-20-8-6-10-22(27)13-20/h6,8,10,12-14,17,19,21H,7,9,11,15-16H2,1-5H3,(H,28,30)/t19-,21-/m0/s1. The molecule has 1 saturated heterocycles. The largest absolute Gasteiger partial charge is 0.496 e. The summed E-state index contributed by atoms with van der Waals surface area (Å²) in [7, 11) is -1.88. The minimum Gasteiger partial charge on any atom is -0.496 e. The van der Waals surface area contributed by atoms with Crippen LogP contribution in [0.25, 0.3) is 0 Å². The first-order valence-corrected chi connectivity index (χ1v) is 13.7. The Labute approximate surface area is 208 Å². The average molecular weight is 507 g/mol. The Kier molecular flexibility index (Phi) is 8.66. The van der Waals surface area contributed by atoms with E-state index in [1.807, 2.05) is 19.9 Å². The van der Waals surface area contributed by atoms with Crippen LogP contribution in [0.3, 0.4) is 0 Å². The number of carbonyl (C=O) groups is 1. The van der Waals surface area contributed by atoms with Gasteiger partial charge < -0.3 is 10.1 Å². The van der Waals surface area contributed by atoms with Gasteiger partial charge in [0.05, 0.1) is 24.8 Å². The normalized spacial score (nSPS) is 18.0. The van der Waals surface area contributed by atoms with E-state index in [-0.39, 0.29) is 36.1 Å². The zero-order valence-corrected chi connectivity index (χ0v) is 22.2. The fraction of sp³-hybridized carbons (Fsp3) is 0.500. The molecule has 2 aromatic rings. The topological polar surface area (TPSA) is 75.7 Å². The molecule has 1 heterocycles. The minimum absolute atomic E-state index is 0.114. The Balaban J connectivity index is 1.70. The Morgan fingerprint density at radius 2 is 1.94 bits per heavy atom. The third-order valence-corrected chi connectivity index (χ3v) is 8.50. The Morgan fingerprint density at radius 3 is 2.59 bits per heavy atom. The van der Waals surface area contributed by atoms with Gasteiger partial charge in [0.15, 0.2) is 0 Å². The molecule has 6 nitrogen and oxygen atoms in total. The van der Waals surface area contributed by atoms with Gasteiger partial charge in [-0.25, -0.2) is 12.7 Å². The van der Waals surface area contributed by atoms with Crippen LogP contribution in [0.2, 0.25) is 5.02 Å². The molecule has 0 radical (unpaired) electrons. The van der Waals surface area contributed by atoms with E-state index < -0.39 is 10.0 Å². The SMILES string of the molecule is COc1cc(C)c([C@H](C)NC(=O)[C@H]2CCCN(S(=O)(=O)Cc3cccc(Cl)c3)C2)cc1C(C)C. The van der Waals surface area contributed by atoms with Crippen LogP contribution < -0.4 is 10.1 Å². The molecule has 0 spiro atoms. The minimum atomic E-state index is -3.55. The van der Waals surface area contributed by atoms with Crippen LogP contribution in [-0.4, -0.2) is 38.8 Å². The summed E-state index contributed by atoms with van der Waals surface area (Å²) < 4.78 is 33.0. The van der Waals surface area contributed by atoms with Gasteiger partial charge >= 0.3 is 0 Å². The lowest BCUT2D eigenvalue weighted by atomic mass is 9.92. The highest BCUT2D eigenvalue weighted by atomic mass is 35.5. The first-order valence-electron chi connectivity index (χ1n) is 11.7. The number of piperidine rings is 1. The average Bonchev–Trinajstić information content (AvgIpc) is 2.78. The summed E-state index contributed by atoms with van der Waals surface area (Å²) in [6, 6.07) is 10.8. The number of sulfonamides is 1. The van der Waals surface area contributed by atoms with Crippen LogP contribution in [-0.2, 0) is 20.6 Å². The summed E-state index contributed by atoms with van der Waals surface area (Å²) in [6.07, 6.45) is 1.32. The van der Waals surface area contributed by atoms with E-state index in [0.717, 1.165) is 22.4 Å². The van der Waals surface area contributed by atoms with E-state index in [4.69, 9.17) is 16.3 Å². The lowest BCUT2D eigenvalue weighted by Gasteiger charge is -2.32. The van der Waals surface area contributed by atoms with Crippen LogP contribution in [0.1, 0.15) is 67.8 Å². The molecule has 0 saturated carbocycles. The molecular weight excluding hydrogens is 472 g/mol. The van der Waals surface area contributed by atoms with Crippen molar-refractivity contribution in [3.8, 4) is 5.75 Å². The lowest BCUT2D eigenvalue weighted by molar-refractivity contribution is -0.126. The smallest absolute Gasteiger partial charge is 0.224 e. The zero-order valence-electron chi connectivity index (χ0n) is 20.6. The van der Waals surface area contributed by atoms with Gasteiger partial charge in [0.2, 0.25) is 15.9 Å². The van der Waals surface area contributed by atoms with Gasteiger partial charge in [0, 0.05) is 18.1 Å². The molecule has 186 valence electrons. The van der Waals surface area contributed by atoms with E-state index in [0.29, 0.717) is 30.0 Å². The second kappa shape index (κ2) is 11.1. The second-order valence-corrected chi connectivity index (χ2v) is 11.8. The van der Waals surface area contributed by atoms with E-state index in [1.54, 1.807) is 31.4 Å². The van der Waals surface area contributed by atoms with E-state index >= 15 is 0 Å². The van der Waals surface area contributed by atoms with Crippen molar-refractivity contribution in [2.24, 2.45) is 5.92 Å². The summed E-state index contributed by atoms with van der Waals surface area (Å²) in [5, 5.41) is 3.63. The molecule has 1 fully saturated rings. The number of benzene rings is 2. The molecule has 1 amide bonds. The van der Waals surface area contributed by atoms with Gasteiger partial charge in [-0.05, 0) is 79.1 Å². The van der Waals surface area contributed by atoms with Crippen molar-refractivity contribution in [3.63, 3.8) is 0 Å². The molecule has 0 aromatic heterocycles. The van der Waals surface area contributed by atoms with Crippen molar-refractivity contribution >= 4 is 27.5 Å². The van der Waals surface area contributed by atoms with Gasteiger partial charge in [-0.15, -0.1) is 0 Å². The summed E-state index contributed by atoms with van der Waals surface area (Å²) in [6.45, 7) is 8.82. The maximum absolute atomic E-state index is 13.1. The summed E-state index contributed by atoms with van der Waals surface area (Å²) >= 11 is 6.01. The number of carbonyl (C=O) groups excluding carboxylic acids is 1. The van der Waals surface area contributed by atoms with E-state index in [2.05, 4.69) is 25.2 Å².